The molecular weight excluding hydrogens is 475 g/mol. The molecule has 1 aromatic heterocycles. The van der Waals surface area contributed by atoms with Gasteiger partial charge in [-0.2, -0.15) is 13.2 Å². The van der Waals surface area contributed by atoms with Crippen LogP contribution in [0.3, 0.4) is 0 Å². The predicted octanol–water partition coefficient (Wildman–Crippen LogP) is 4.92. The van der Waals surface area contributed by atoms with Gasteiger partial charge in [-0.1, -0.05) is 19.1 Å². The zero-order chi connectivity index (χ0) is 25.6. The molecular formula is C25H22F3N5O3. The molecule has 2 aliphatic heterocycles. The minimum absolute atomic E-state index is 0.0154. The number of alkyl halides is 3. The maximum absolute atomic E-state index is 13.4. The third-order valence-electron chi connectivity index (χ3n) is 7.04. The van der Waals surface area contributed by atoms with Crippen LogP contribution in [0.5, 0.6) is 5.75 Å². The van der Waals surface area contributed by atoms with E-state index in [2.05, 4.69) is 27.2 Å². The Morgan fingerprint density at radius 3 is 2.33 bits per heavy atom. The van der Waals surface area contributed by atoms with Gasteiger partial charge in [-0.25, -0.2) is 0 Å². The molecule has 3 aromatic rings. The Morgan fingerprint density at radius 1 is 1.03 bits per heavy atom. The van der Waals surface area contributed by atoms with Crippen molar-refractivity contribution in [3.8, 4) is 16.9 Å². The van der Waals surface area contributed by atoms with Crippen LogP contribution in [0.1, 0.15) is 22.8 Å². The zero-order valence-electron chi connectivity index (χ0n) is 19.4. The molecule has 8 nitrogen and oxygen atoms in total. The van der Waals surface area contributed by atoms with Crippen molar-refractivity contribution in [3.05, 3.63) is 70.6 Å². The molecule has 186 valence electrons. The molecule has 0 radical (unpaired) electrons. The normalized spacial score (nSPS) is 21.1. The second-order valence-electron chi connectivity index (χ2n) is 8.93. The number of halogens is 3. The number of hydrogen-bond acceptors (Lipinski definition) is 7. The lowest BCUT2D eigenvalue weighted by Crippen LogP contribution is -2.49. The number of nitrogens with zero attached hydrogens (tertiary/aromatic N) is 5. The number of nitroso groups, excluding NO2 is 1. The molecule has 2 bridgehead atoms. The van der Waals surface area contributed by atoms with Gasteiger partial charge in [0.05, 0.1) is 24.8 Å². The van der Waals surface area contributed by atoms with Crippen molar-refractivity contribution in [2.75, 3.05) is 25.1 Å². The fourth-order valence-electron chi connectivity index (χ4n) is 5.11. The lowest BCUT2D eigenvalue weighted by Gasteiger charge is -2.34. The van der Waals surface area contributed by atoms with Crippen LogP contribution in [-0.4, -0.2) is 53.3 Å². The topological polar surface area (TPSA) is 88.0 Å². The van der Waals surface area contributed by atoms with Crippen LogP contribution in [0.2, 0.25) is 0 Å². The van der Waals surface area contributed by atoms with Crippen molar-refractivity contribution in [3.63, 3.8) is 0 Å². The van der Waals surface area contributed by atoms with E-state index in [0.29, 0.717) is 41.3 Å². The van der Waals surface area contributed by atoms with Crippen LogP contribution in [0, 0.1) is 10.8 Å². The maximum atomic E-state index is 13.4. The Kier molecular flexibility index (Phi) is 5.85. The molecule has 0 unspecified atom stereocenters. The average Bonchev–Trinajstić information content (AvgIpc) is 3.39. The molecule has 36 heavy (non-hydrogen) atoms. The molecule has 3 heterocycles. The highest BCUT2D eigenvalue weighted by molar-refractivity contribution is 5.96. The maximum Gasteiger partial charge on any atom is 0.416 e. The van der Waals surface area contributed by atoms with Crippen LogP contribution >= 0.6 is 0 Å². The van der Waals surface area contributed by atoms with Gasteiger partial charge in [0.2, 0.25) is 5.82 Å². The first-order valence-corrected chi connectivity index (χ1v) is 11.3. The van der Waals surface area contributed by atoms with E-state index in [1.54, 1.807) is 24.3 Å². The minimum atomic E-state index is -4.41. The largest absolute Gasteiger partial charge is 0.496 e. The van der Waals surface area contributed by atoms with Gasteiger partial charge in [-0.15, -0.1) is 15.1 Å². The number of likely N-dealkylation sites (tertiary alicyclic amines) is 1. The van der Waals surface area contributed by atoms with Crippen LogP contribution in [0.25, 0.3) is 11.1 Å². The number of fused-ring (bicyclic) bond motifs is 2. The molecule has 2 aromatic carbocycles. The molecule has 2 aliphatic rings. The monoisotopic (exact) mass is 497 g/mol. The summed E-state index contributed by atoms with van der Waals surface area (Å²) in [6.07, 6.45) is -4.41. The van der Waals surface area contributed by atoms with Crippen LogP contribution in [0.4, 0.5) is 24.8 Å². The van der Waals surface area contributed by atoms with E-state index < -0.39 is 11.7 Å². The SMILES string of the molecule is COc1cc(C(=O)N2C[C@@H]3[C@@H](C)[C@H]2CN3c2ccc(N=O)nn2)ccc1-c1ccc(C(F)(F)F)cc1. The molecule has 0 spiro atoms. The van der Waals surface area contributed by atoms with Gasteiger partial charge in [0, 0.05) is 30.1 Å². The molecule has 5 rings (SSSR count). The summed E-state index contributed by atoms with van der Waals surface area (Å²) in [6.45, 7) is 3.18. The number of aromatic nitrogens is 2. The Bertz CT molecular complexity index is 1300. The highest BCUT2D eigenvalue weighted by Crippen LogP contribution is 2.40. The van der Waals surface area contributed by atoms with E-state index in [1.807, 2.05) is 4.90 Å². The fraction of sp³-hybridized carbons (Fsp3) is 0.320. The summed E-state index contributed by atoms with van der Waals surface area (Å²) in [6, 6.07) is 13.0. The summed E-state index contributed by atoms with van der Waals surface area (Å²) < 4.78 is 44.2. The summed E-state index contributed by atoms with van der Waals surface area (Å²) in [7, 11) is 1.46. The summed E-state index contributed by atoms with van der Waals surface area (Å²) >= 11 is 0. The van der Waals surface area contributed by atoms with Gasteiger partial charge in [0.25, 0.3) is 5.91 Å². The number of carbonyl (C=O) groups excluding carboxylic acids is 1. The molecule has 0 aliphatic carbocycles. The summed E-state index contributed by atoms with van der Waals surface area (Å²) in [5.41, 5.74) is 0.860. The molecule has 2 saturated heterocycles. The van der Waals surface area contributed by atoms with Crippen molar-refractivity contribution < 1.29 is 22.7 Å². The Morgan fingerprint density at radius 2 is 1.78 bits per heavy atom. The van der Waals surface area contributed by atoms with Gasteiger partial charge in [0.15, 0.2) is 5.82 Å². The number of benzene rings is 2. The van der Waals surface area contributed by atoms with Crippen LogP contribution in [0.15, 0.2) is 59.8 Å². The van der Waals surface area contributed by atoms with Gasteiger partial charge in [-0.3, -0.25) is 4.79 Å². The minimum Gasteiger partial charge on any atom is -0.496 e. The number of anilines is 1. The van der Waals surface area contributed by atoms with E-state index in [-0.39, 0.29) is 29.7 Å². The van der Waals surface area contributed by atoms with Gasteiger partial charge in [0.1, 0.15) is 5.75 Å². The van der Waals surface area contributed by atoms with E-state index in [4.69, 9.17) is 4.74 Å². The number of hydrogen-bond donors (Lipinski definition) is 0. The number of ether oxygens (including phenoxy) is 1. The highest BCUT2D eigenvalue weighted by atomic mass is 19.4. The second-order valence-corrected chi connectivity index (χ2v) is 8.93. The number of methoxy groups -OCH3 is 1. The van der Waals surface area contributed by atoms with Crippen molar-refractivity contribution >= 4 is 17.5 Å². The van der Waals surface area contributed by atoms with Crippen molar-refractivity contribution in [2.24, 2.45) is 11.1 Å². The Labute approximate surface area is 204 Å². The highest BCUT2D eigenvalue weighted by Gasteiger charge is 2.51. The lowest BCUT2D eigenvalue weighted by atomic mass is 10.00. The first kappa shape index (κ1) is 23.7. The average molecular weight is 497 g/mol. The predicted molar refractivity (Wildman–Crippen MR) is 126 cm³/mol. The van der Waals surface area contributed by atoms with Crippen molar-refractivity contribution in [1.29, 1.82) is 0 Å². The zero-order valence-corrected chi connectivity index (χ0v) is 19.4. The summed E-state index contributed by atoms with van der Waals surface area (Å²) in [5.74, 6) is 1.11. The summed E-state index contributed by atoms with van der Waals surface area (Å²) in [4.78, 5) is 28.0. The molecule has 1 amide bonds. The van der Waals surface area contributed by atoms with E-state index in [9.17, 15) is 22.9 Å². The fourth-order valence-corrected chi connectivity index (χ4v) is 5.11. The quantitative estimate of drug-likeness (QED) is 0.465. The lowest BCUT2D eigenvalue weighted by molar-refractivity contribution is -0.137. The summed E-state index contributed by atoms with van der Waals surface area (Å²) in [5, 5.41) is 10.7. The van der Waals surface area contributed by atoms with E-state index >= 15 is 0 Å². The first-order chi connectivity index (χ1) is 17.2. The third-order valence-corrected chi connectivity index (χ3v) is 7.04. The Hall–Kier alpha value is -4.02. The van der Waals surface area contributed by atoms with E-state index in [1.165, 1.54) is 25.3 Å². The molecule has 2 fully saturated rings. The molecule has 0 saturated carbocycles. The Balaban J connectivity index is 1.35. The number of rotatable bonds is 5. The second kappa shape index (κ2) is 8.89. The van der Waals surface area contributed by atoms with Crippen LogP contribution in [-0.2, 0) is 6.18 Å². The first-order valence-electron chi connectivity index (χ1n) is 11.3. The molecule has 3 atom stereocenters. The van der Waals surface area contributed by atoms with Gasteiger partial charge >= 0.3 is 6.18 Å². The van der Waals surface area contributed by atoms with Gasteiger partial charge < -0.3 is 14.5 Å². The number of amides is 1. The van der Waals surface area contributed by atoms with E-state index in [0.717, 1.165) is 12.1 Å². The number of carbonyl (C=O) groups is 1. The third kappa shape index (κ3) is 4.04. The molecule has 11 heteroatoms. The number of piperazine rings is 1. The molecule has 0 N–H and O–H groups in total. The van der Waals surface area contributed by atoms with Crippen molar-refractivity contribution in [1.82, 2.24) is 15.1 Å². The van der Waals surface area contributed by atoms with Crippen molar-refractivity contribution in [2.45, 2.75) is 25.2 Å². The smallest absolute Gasteiger partial charge is 0.416 e. The van der Waals surface area contributed by atoms with Crippen LogP contribution < -0.4 is 9.64 Å². The standard InChI is InChI=1S/C25H22F3N5O3/c1-14-19-13-33(20(14)12-32(19)23-10-9-22(31-35)29-30-23)24(34)16-5-8-18(21(11-16)36-2)15-3-6-17(7-4-15)25(26,27)28/h3-11,14,19-20H,12-13H2,1-2H3/t14-,19-,20-/m1/s1. The van der Waals surface area contributed by atoms with Gasteiger partial charge in [-0.05, 0) is 53.2 Å².